The number of rotatable bonds is 12. The number of benzene rings is 1. The molecule has 132 valence electrons. The number of methoxy groups -OCH3 is 1. The largest absolute Gasteiger partial charge is 0.496 e. The van der Waals surface area contributed by atoms with E-state index in [4.69, 9.17) is 16.3 Å². The highest BCUT2D eigenvalue weighted by atomic mass is 35.5. The maximum Gasteiger partial charge on any atom is 0.124 e. The van der Waals surface area contributed by atoms with Gasteiger partial charge in [0.25, 0.3) is 0 Å². The van der Waals surface area contributed by atoms with Gasteiger partial charge in [0.05, 0.1) is 13.2 Å². The molecule has 3 nitrogen and oxygen atoms in total. The van der Waals surface area contributed by atoms with Crippen LogP contribution in [0.5, 0.6) is 5.75 Å². The molecule has 0 radical (unpaired) electrons. The van der Waals surface area contributed by atoms with Gasteiger partial charge in [-0.05, 0) is 44.1 Å². The van der Waals surface area contributed by atoms with Crippen LogP contribution >= 0.6 is 11.6 Å². The minimum Gasteiger partial charge on any atom is -0.496 e. The van der Waals surface area contributed by atoms with Crippen molar-refractivity contribution in [3.8, 4) is 5.75 Å². The SMILES string of the molecule is CCCCCN(CCCCC)C[C@@H](O)c1cc(Cl)ccc1OC. The average molecular weight is 342 g/mol. The summed E-state index contributed by atoms with van der Waals surface area (Å²) in [6, 6.07) is 5.41. The molecule has 0 heterocycles. The van der Waals surface area contributed by atoms with Gasteiger partial charge in [0.2, 0.25) is 0 Å². The first kappa shape index (κ1) is 20.3. The highest BCUT2D eigenvalue weighted by Gasteiger charge is 2.17. The van der Waals surface area contributed by atoms with Crippen LogP contribution in [0.2, 0.25) is 5.02 Å². The van der Waals surface area contributed by atoms with Crippen molar-refractivity contribution in [3.63, 3.8) is 0 Å². The predicted molar refractivity (Wildman–Crippen MR) is 98.5 cm³/mol. The Morgan fingerprint density at radius 3 is 2.22 bits per heavy atom. The van der Waals surface area contributed by atoms with Crippen molar-refractivity contribution >= 4 is 11.6 Å². The Bertz CT molecular complexity index is 429. The molecule has 1 aromatic carbocycles. The first-order valence-electron chi connectivity index (χ1n) is 8.86. The van der Waals surface area contributed by atoms with Crippen LogP contribution in [0.1, 0.15) is 64.0 Å². The lowest BCUT2D eigenvalue weighted by atomic mass is 10.1. The number of hydrogen-bond acceptors (Lipinski definition) is 3. The van der Waals surface area contributed by atoms with E-state index in [0.717, 1.165) is 18.7 Å². The lowest BCUT2D eigenvalue weighted by molar-refractivity contribution is 0.108. The number of aliphatic hydroxyl groups is 1. The minimum absolute atomic E-state index is 0.577. The number of ether oxygens (including phenoxy) is 1. The highest BCUT2D eigenvalue weighted by Crippen LogP contribution is 2.29. The molecule has 0 bridgehead atoms. The van der Waals surface area contributed by atoms with Gasteiger partial charge in [0.15, 0.2) is 0 Å². The number of nitrogens with zero attached hydrogens (tertiary/aromatic N) is 1. The third-order valence-corrected chi connectivity index (χ3v) is 4.37. The van der Waals surface area contributed by atoms with E-state index < -0.39 is 6.10 Å². The molecule has 1 N–H and O–H groups in total. The van der Waals surface area contributed by atoms with Crippen LogP contribution in [0, 0.1) is 0 Å². The summed E-state index contributed by atoms with van der Waals surface area (Å²) in [5, 5.41) is 11.3. The van der Waals surface area contributed by atoms with Gasteiger partial charge in [-0.2, -0.15) is 0 Å². The van der Waals surface area contributed by atoms with E-state index in [1.807, 2.05) is 6.07 Å². The Labute approximate surface area is 146 Å². The van der Waals surface area contributed by atoms with Crippen LogP contribution in [0.3, 0.4) is 0 Å². The van der Waals surface area contributed by atoms with Crippen molar-refractivity contribution in [2.24, 2.45) is 0 Å². The third kappa shape index (κ3) is 7.56. The van der Waals surface area contributed by atoms with Crippen LogP contribution in [-0.4, -0.2) is 36.8 Å². The lowest BCUT2D eigenvalue weighted by Gasteiger charge is -2.26. The summed E-state index contributed by atoms with van der Waals surface area (Å²) in [5.74, 6) is 0.698. The normalized spacial score (nSPS) is 12.6. The summed E-state index contributed by atoms with van der Waals surface area (Å²) >= 11 is 6.08. The van der Waals surface area contributed by atoms with Gasteiger partial charge in [-0.3, -0.25) is 0 Å². The van der Waals surface area contributed by atoms with E-state index in [9.17, 15) is 5.11 Å². The van der Waals surface area contributed by atoms with Gasteiger partial charge < -0.3 is 14.7 Å². The fourth-order valence-electron chi connectivity index (χ4n) is 2.77. The van der Waals surface area contributed by atoms with E-state index in [1.165, 1.54) is 38.5 Å². The van der Waals surface area contributed by atoms with E-state index in [2.05, 4.69) is 18.7 Å². The zero-order valence-electron chi connectivity index (χ0n) is 14.9. The lowest BCUT2D eigenvalue weighted by Crippen LogP contribution is -2.31. The van der Waals surface area contributed by atoms with Gasteiger partial charge >= 0.3 is 0 Å². The Morgan fingerprint density at radius 2 is 1.70 bits per heavy atom. The molecule has 0 saturated carbocycles. The second-order valence-electron chi connectivity index (χ2n) is 6.12. The second kappa shape index (κ2) is 11.7. The van der Waals surface area contributed by atoms with E-state index in [1.54, 1.807) is 19.2 Å². The molecule has 1 rings (SSSR count). The highest BCUT2D eigenvalue weighted by molar-refractivity contribution is 6.30. The minimum atomic E-state index is -0.577. The van der Waals surface area contributed by atoms with Crippen molar-refractivity contribution < 1.29 is 9.84 Å². The fourth-order valence-corrected chi connectivity index (χ4v) is 2.95. The molecule has 0 aromatic heterocycles. The molecule has 0 amide bonds. The van der Waals surface area contributed by atoms with Crippen LogP contribution in [-0.2, 0) is 0 Å². The number of aliphatic hydroxyl groups excluding tert-OH is 1. The van der Waals surface area contributed by atoms with Crippen molar-refractivity contribution in [2.45, 2.75) is 58.5 Å². The van der Waals surface area contributed by atoms with Crippen LogP contribution in [0.25, 0.3) is 0 Å². The zero-order valence-corrected chi connectivity index (χ0v) is 15.6. The molecule has 0 spiro atoms. The molecule has 0 fully saturated rings. The maximum atomic E-state index is 10.7. The Balaban J connectivity index is 2.70. The Hall–Kier alpha value is -0.770. The van der Waals surface area contributed by atoms with Crippen LogP contribution in [0.15, 0.2) is 18.2 Å². The summed E-state index contributed by atoms with van der Waals surface area (Å²) in [6.45, 7) is 7.14. The first-order chi connectivity index (χ1) is 11.1. The summed E-state index contributed by atoms with van der Waals surface area (Å²) in [4.78, 5) is 2.37. The molecule has 0 saturated heterocycles. The van der Waals surface area contributed by atoms with Gasteiger partial charge in [0, 0.05) is 17.1 Å². The van der Waals surface area contributed by atoms with Crippen molar-refractivity contribution in [3.05, 3.63) is 28.8 Å². The molecule has 23 heavy (non-hydrogen) atoms. The Kier molecular flexibility index (Phi) is 10.3. The zero-order chi connectivity index (χ0) is 17.1. The number of halogens is 1. The molecule has 0 aliphatic rings. The molecule has 0 aliphatic carbocycles. The van der Waals surface area contributed by atoms with Crippen molar-refractivity contribution in [1.82, 2.24) is 4.90 Å². The van der Waals surface area contributed by atoms with Gasteiger partial charge in [0.1, 0.15) is 5.75 Å². The van der Waals surface area contributed by atoms with Gasteiger partial charge in [-0.1, -0.05) is 51.1 Å². The summed E-state index contributed by atoms with van der Waals surface area (Å²) in [5.41, 5.74) is 0.774. The maximum absolute atomic E-state index is 10.7. The fraction of sp³-hybridized carbons (Fsp3) is 0.684. The van der Waals surface area contributed by atoms with Gasteiger partial charge in [-0.25, -0.2) is 0 Å². The quantitative estimate of drug-likeness (QED) is 0.539. The molecular formula is C19H32ClNO2. The monoisotopic (exact) mass is 341 g/mol. The number of hydrogen-bond donors (Lipinski definition) is 1. The van der Waals surface area contributed by atoms with Crippen LogP contribution < -0.4 is 4.74 Å². The van der Waals surface area contributed by atoms with Crippen molar-refractivity contribution in [1.29, 1.82) is 0 Å². The summed E-state index contributed by atoms with van der Waals surface area (Å²) in [6.07, 6.45) is 6.69. The molecule has 4 heteroatoms. The van der Waals surface area contributed by atoms with Crippen LogP contribution in [0.4, 0.5) is 0 Å². The Morgan fingerprint density at radius 1 is 1.09 bits per heavy atom. The molecule has 1 aromatic rings. The molecule has 0 unspecified atom stereocenters. The van der Waals surface area contributed by atoms with Gasteiger partial charge in [-0.15, -0.1) is 0 Å². The molecule has 0 aliphatic heterocycles. The topological polar surface area (TPSA) is 32.7 Å². The third-order valence-electron chi connectivity index (χ3n) is 4.14. The summed E-state index contributed by atoms with van der Waals surface area (Å²) in [7, 11) is 1.62. The van der Waals surface area contributed by atoms with E-state index >= 15 is 0 Å². The smallest absolute Gasteiger partial charge is 0.124 e. The standard InChI is InChI=1S/C19H32ClNO2/c1-4-6-8-12-21(13-9-7-5-2)15-18(22)17-14-16(20)10-11-19(17)23-3/h10-11,14,18,22H,4-9,12-13,15H2,1-3H3/t18-/m1/s1. The molecule has 1 atom stereocenters. The molecular weight excluding hydrogens is 310 g/mol. The van der Waals surface area contributed by atoms with E-state index in [-0.39, 0.29) is 0 Å². The summed E-state index contributed by atoms with van der Waals surface area (Å²) < 4.78 is 5.36. The van der Waals surface area contributed by atoms with Crippen molar-refractivity contribution in [2.75, 3.05) is 26.7 Å². The predicted octanol–water partition coefficient (Wildman–Crippen LogP) is 5.06. The van der Waals surface area contributed by atoms with E-state index in [0.29, 0.717) is 17.3 Å². The average Bonchev–Trinajstić information content (AvgIpc) is 2.55. The first-order valence-corrected chi connectivity index (χ1v) is 9.24. The number of unbranched alkanes of at least 4 members (excludes halogenated alkanes) is 4. The second-order valence-corrected chi connectivity index (χ2v) is 6.55.